The fourth-order valence-electron chi connectivity index (χ4n) is 4.19. The minimum Gasteiger partial charge on any atom is -0.486 e. The summed E-state index contributed by atoms with van der Waals surface area (Å²) < 4.78 is 11.5. The lowest BCUT2D eigenvalue weighted by Crippen LogP contribution is -2.38. The summed E-state index contributed by atoms with van der Waals surface area (Å²) in [5.41, 5.74) is 1.95. The van der Waals surface area contributed by atoms with E-state index in [2.05, 4.69) is 28.6 Å². The summed E-state index contributed by atoms with van der Waals surface area (Å²) in [6, 6.07) is 4.36. The predicted molar refractivity (Wildman–Crippen MR) is 93.6 cm³/mol. The molecular weight excluding hydrogens is 308 g/mol. The van der Waals surface area contributed by atoms with Crippen molar-refractivity contribution < 1.29 is 9.47 Å². The summed E-state index contributed by atoms with van der Waals surface area (Å²) >= 11 is 1.81. The number of nitrogens with zero attached hydrogens (tertiary/aromatic N) is 1. The van der Waals surface area contributed by atoms with E-state index in [0.717, 1.165) is 18.0 Å². The molecular formula is C18H26N2O2S. The van der Waals surface area contributed by atoms with E-state index in [9.17, 15) is 0 Å². The molecule has 0 aliphatic carbocycles. The van der Waals surface area contributed by atoms with Gasteiger partial charge in [-0.05, 0) is 68.3 Å². The van der Waals surface area contributed by atoms with Crippen LogP contribution in [0.1, 0.15) is 24.8 Å². The van der Waals surface area contributed by atoms with Gasteiger partial charge in [-0.2, -0.15) is 0 Å². The van der Waals surface area contributed by atoms with Crippen LogP contribution in [0.5, 0.6) is 11.5 Å². The smallest absolute Gasteiger partial charge is 0.162 e. The van der Waals surface area contributed by atoms with Crippen molar-refractivity contribution in [1.29, 1.82) is 0 Å². The molecule has 1 spiro atoms. The normalized spacial score (nSPS) is 23.3. The minimum atomic E-state index is 0.568. The zero-order chi connectivity index (χ0) is 15.7. The highest BCUT2D eigenvalue weighted by Gasteiger charge is 2.38. The van der Waals surface area contributed by atoms with E-state index in [4.69, 9.17) is 9.47 Å². The Morgan fingerprint density at radius 1 is 1.13 bits per heavy atom. The van der Waals surface area contributed by atoms with Crippen LogP contribution < -0.4 is 14.8 Å². The Bertz CT molecular complexity index is 572. The highest BCUT2D eigenvalue weighted by atomic mass is 32.2. The molecule has 1 aromatic carbocycles. The summed E-state index contributed by atoms with van der Waals surface area (Å²) in [6.45, 7) is 7.19. The molecule has 3 aliphatic rings. The number of benzene rings is 1. The maximum Gasteiger partial charge on any atom is 0.162 e. The molecule has 0 unspecified atom stereocenters. The van der Waals surface area contributed by atoms with Crippen LogP contribution in [0.2, 0.25) is 0 Å². The summed E-state index contributed by atoms with van der Waals surface area (Å²) in [4.78, 5) is 3.96. The Balaban J connectivity index is 1.50. The molecule has 4 rings (SSSR count). The number of fused-ring (bicyclic) bond motifs is 1. The molecule has 0 atom stereocenters. The Kier molecular flexibility index (Phi) is 4.43. The lowest BCUT2D eigenvalue weighted by molar-refractivity contribution is 0.170. The Hall–Kier alpha value is -0.910. The monoisotopic (exact) mass is 334 g/mol. The molecule has 0 amide bonds. The van der Waals surface area contributed by atoms with Crippen molar-refractivity contribution in [2.75, 3.05) is 45.6 Å². The molecule has 0 bridgehead atoms. The van der Waals surface area contributed by atoms with Gasteiger partial charge in [0, 0.05) is 18.0 Å². The molecule has 2 fully saturated rings. The molecule has 0 aromatic heterocycles. The van der Waals surface area contributed by atoms with Gasteiger partial charge in [0.15, 0.2) is 11.5 Å². The molecule has 0 radical (unpaired) electrons. The van der Waals surface area contributed by atoms with Crippen molar-refractivity contribution in [2.45, 2.75) is 30.7 Å². The van der Waals surface area contributed by atoms with Gasteiger partial charge in [0.25, 0.3) is 0 Å². The third-order valence-corrected chi connectivity index (χ3v) is 6.34. The van der Waals surface area contributed by atoms with Crippen LogP contribution in [0, 0.1) is 5.41 Å². The average molecular weight is 334 g/mol. The van der Waals surface area contributed by atoms with E-state index in [-0.39, 0.29) is 0 Å². The summed E-state index contributed by atoms with van der Waals surface area (Å²) in [6.07, 6.45) is 6.17. The average Bonchev–Trinajstić information content (AvgIpc) is 2.97. The third-order valence-electron chi connectivity index (χ3n) is 5.52. The Morgan fingerprint density at radius 2 is 1.87 bits per heavy atom. The topological polar surface area (TPSA) is 33.7 Å². The van der Waals surface area contributed by atoms with Crippen LogP contribution in [0.3, 0.4) is 0 Å². The van der Waals surface area contributed by atoms with Crippen molar-refractivity contribution in [3.8, 4) is 11.5 Å². The number of ether oxygens (including phenoxy) is 2. The first-order chi connectivity index (χ1) is 11.3. The lowest BCUT2D eigenvalue weighted by atomic mass is 9.78. The van der Waals surface area contributed by atoms with Crippen LogP contribution in [-0.4, -0.2) is 50.5 Å². The number of thioether (sulfide) groups is 1. The second-order valence-electron chi connectivity index (χ2n) is 7.02. The SMILES string of the molecule is CSc1cc2c(cc1CN1CCC3(CCNCC3)C1)OCCO2. The highest BCUT2D eigenvalue weighted by molar-refractivity contribution is 7.98. The first-order valence-corrected chi connectivity index (χ1v) is 9.90. The third kappa shape index (κ3) is 3.19. The van der Waals surface area contributed by atoms with Crippen molar-refractivity contribution in [1.82, 2.24) is 10.2 Å². The first kappa shape index (κ1) is 15.6. The lowest BCUT2D eigenvalue weighted by Gasteiger charge is -2.34. The molecule has 4 nitrogen and oxygen atoms in total. The maximum absolute atomic E-state index is 5.78. The quantitative estimate of drug-likeness (QED) is 0.860. The fraction of sp³-hybridized carbons (Fsp3) is 0.667. The zero-order valence-electron chi connectivity index (χ0n) is 13.9. The van der Waals surface area contributed by atoms with Gasteiger partial charge >= 0.3 is 0 Å². The molecule has 1 N–H and O–H groups in total. The van der Waals surface area contributed by atoms with Gasteiger partial charge in [-0.1, -0.05) is 0 Å². The Morgan fingerprint density at radius 3 is 2.61 bits per heavy atom. The maximum atomic E-state index is 5.78. The number of nitrogens with one attached hydrogen (secondary N) is 1. The van der Waals surface area contributed by atoms with Crippen molar-refractivity contribution in [3.05, 3.63) is 17.7 Å². The molecule has 3 heterocycles. The van der Waals surface area contributed by atoms with Crippen molar-refractivity contribution in [2.24, 2.45) is 5.41 Å². The summed E-state index contributed by atoms with van der Waals surface area (Å²) in [5, 5.41) is 3.50. The van der Waals surface area contributed by atoms with E-state index < -0.39 is 0 Å². The summed E-state index contributed by atoms with van der Waals surface area (Å²) in [5.74, 6) is 1.82. The molecule has 2 saturated heterocycles. The van der Waals surface area contributed by atoms with Crippen LogP contribution in [0.15, 0.2) is 17.0 Å². The number of hydrogen-bond donors (Lipinski definition) is 1. The van der Waals surface area contributed by atoms with Gasteiger partial charge in [-0.25, -0.2) is 0 Å². The van der Waals surface area contributed by atoms with Gasteiger partial charge in [-0.15, -0.1) is 11.8 Å². The molecule has 0 saturated carbocycles. The molecule has 3 aliphatic heterocycles. The van der Waals surface area contributed by atoms with Crippen molar-refractivity contribution in [3.63, 3.8) is 0 Å². The fourth-order valence-corrected chi connectivity index (χ4v) is 4.81. The van der Waals surface area contributed by atoms with E-state index in [0.29, 0.717) is 18.6 Å². The second-order valence-corrected chi connectivity index (χ2v) is 7.87. The minimum absolute atomic E-state index is 0.568. The highest BCUT2D eigenvalue weighted by Crippen LogP contribution is 2.41. The zero-order valence-corrected chi connectivity index (χ0v) is 14.7. The molecule has 126 valence electrons. The second kappa shape index (κ2) is 6.54. The standard InChI is InChI=1S/C18H26N2O2S/c1-23-17-11-16-15(21-8-9-22-16)10-14(17)12-20-7-4-18(13-20)2-5-19-6-3-18/h10-11,19H,2-9,12-13H2,1H3. The van der Waals surface area contributed by atoms with Crippen LogP contribution in [-0.2, 0) is 6.54 Å². The predicted octanol–water partition coefficient (Wildman–Crippen LogP) is 2.76. The number of rotatable bonds is 3. The molecule has 23 heavy (non-hydrogen) atoms. The van der Waals surface area contributed by atoms with E-state index in [1.54, 1.807) is 11.8 Å². The van der Waals surface area contributed by atoms with Gasteiger partial charge < -0.3 is 14.8 Å². The Labute approximate surface area is 142 Å². The van der Waals surface area contributed by atoms with E-state index in [1.165, 1.54) is 55.9 Å². The summed E-state index contributed by atoms with van der Waals surface area (Å²) in [7, 11) is 0. The van der Waals surface area contributed by atoms with Crippen molar-refractivity contribution >= 4 is 11.8 Å². The van der Waals surface area contributed by atoms with Gasteiger partial charge in [0.2, 0.25) is 0 Å². The van der Waals surface area contributed by atoms with Gasteiger partial charge in [0.05, 0.1) is 0 Å². The first-order valence-electron chi connectivity index (χ1n) is 8.68. The molecule has 1 aromatic rings. The number of piperidine rings is 1. The van der Waals surface area contributed by atoms with Gasteiger partial charge in [0.1, 0.15) is 13.2 Å². The van der Waals surface area contributed by atoms with Crippen LogP contribution in [0.4, 0.5) is 0 Å². The van der Waals surface area contributed by atoms with Crippen LogP contribution in [0.25, 0.3) is 0 Å². The van der Waals surface area contributed by atoms with E-state index >= 15 is 0 Å². The van der Waals surface area contributed by atoms with Crippen LogP contribution >= 0.6 is 11.8 Å². The largest absolute Gasteiger partial charge is 0.486 e. The molecule has 5 heteroatoms. The van der Waals surface area contributed by atoms with Gasteiger partial charge in [-0.3, -0.25) is 4.90 Å². The number of likely N-dealkylation sites (tertiary alicyclic amines) is 1. The van der Waals surface area contributed by atoms with E-state index in [1.807, 2.05) is 0 Å². The number of hydrogen-bond acceptors (Lipinski definition) is 5.